The van der Waals surface area contributed by atoms with Gasteiger partial charge >= 0.3 is 0 Å². The lowest BCUT2D eigenvalue weighted by molar-refractivity contribution is -0.408. The third kappa shape index (κ3) is 8.81. The minimum atomic E-state index is -2.11. The second-order valence-electron chi connectivity index (χ2n) is 13.5. The van der Waals surface area contributed by atoms with Gasteiger partial charge in [0.05, 0.1) is 32.5 Å². The van der Waals surface area contributed by atoms with Gasteiger partial charge in [0.1, 0.15) is 110 Å². The van der Waals surface area contributed by atoms with Crippen molar-refractivity contribution >= 4 is 0 Å². The minimum absolute atomic E-state index is 0.569. The molecule has 0 aromatic rings. The van der Waals surface area contributed by atoms with Crippen LogP contribution in [-0.2, 0) is 42.6 Å². The monoisotopic (exact) mass is 782 g/mol. The van der Waals surface area contributed by atoms with E-state index >= 15 is 0 Å². The Kier molecular flexibility index (Phi) is 14.7. The van der Waals surface area contributed by atoms with Gasteiger partial charge in [0.15, 0.2) is 31.5 Å². The molecule has 5 aliphatic rings. The number of hydrogen-bond donors (Lipinski definition) is 15. The van der Waals surface area contributed by atoms with E-state index in [2.05, 4.69) is 0 Å². The summed E-state index contributed by atoms with van der Waals surface area (Å²) < 4.78 is 50.5. The Hall–Kier alpha value is -0.960. The Balaban J connectivity index is 1.48. The molecule has 5 aliphatic heterocycles. The van der Waals surface area contributed by atoms with Crippen LogP contribution in [0.2, 0.25) is 0 Å². The summed E-state index contributed by atoms with van der Waals surface area (Å²) in [6.45, 7) is -2.03. The smallest absolute Gasteiger partial charge is 0.187 e. The van der Waals surface area contributed by atoms with Gasteiger partial charge in [0.25, 0.3) is 0 Å². The summed E-state index contributed by atoms with van der Waals surface area (Å²) in [5.74, 6) is 0. The summed E-state index contributed by atoms with van der Waals surface area (Å²) in [6, 6.07) is 0. The quantitative estimate of drug-likeness (QED) is 0.0925. The Morgan fingerprint density at radius 3 is 1.55 bits per heavy atom. The molecule has 15 N–H and O–H groups in total. The van der Waals surface area contributed by atoms with Crippen LogP contribution in [0, 0.1) is 0 Å². The largest absolute Gasteiger partial charge is 0.394 e. The minimum Gasteiger partial charge on any atom is -0.394 e. The van der Waals surface area contributed by atoms with Crippen molar-refractivity contribution < 1.29 is 119 Å². The van der Waals surface area contributed by atoms with Crippen molar-refractivity contribution in [1.29, 1.82) is 0 Å². The first-order chi connectivity index (χ1) is 25.0. The molecule has 0 saturated carbocycles. The predicted molar refractivity (Wildman–Crippen MR) is 159 cm³/mol. The van der Waals surface area contributed by atoms with E-state index in [1.165, 1.54) is 6.92 Å². The zero-order chi connectivity index (χ0) is 39.0. The van der Waals surface area contributed by atoms with Crippen molar-refractivity contribution in [2.75, 3.05) is 26.4 Å². The molecule has 0 aromatic carbocycles. The molecular formula is C29H50O24. The van der Waals surface area contributed by atoms with E-state index in [-0.39, 0.29) is 0 Å². The zero-order valence-electron chi connectivity index (χ0n) is 28.1. The van der Waals surface area contributed by atoms with Gasteiger partial charge in [-0.05, 0) is 6.92 Å². The third-order valence-electron chi connectivity index (χ3n) is 9.89. The summed E-state index contributed by atoms with van der Waals surface area (Å²) in [6.07, 6.45) is -43.4. The molecule has 24 heteroatoms. The summed E-state index contributed by atoms with van der Waals surface area (Å²) in [4.78, 5) is 0. The first kappa shape index (κ1) is 43.2. The first-order valence-corrected chi connectivity index (χ1v) is 16.9. The van der Waals surface area contributed by atoms with E-state index in [1.807, 2.05) is 0 Å². The van der Waals surface area contributed by atoms with Gasteiger partial charge < -0.3 is 119 Å². The molecule has 310 valence electrons. The van der Waals surface area contributed by atoms with Gasteiger partial charge in [-0.15, -0.1) is 0 Å². The van der Waals surface area contributed by atoms with E-state index in [9.17, 15) is 76.6 Å². The van der Waals surface area contributed by atoms with Crippen molar-refractivity contribution in [3.8, 4) is 0 Å². The van der Waals surface area contributed by atoms with Crippen LogP contribution in [0.4, 0.5) is 0 Å². The number of hydrogen-bond acceptors (Lipinski definition) is 24. The SMILES string of the molecule is C[C@@H]1O[C@@H](O[C@@H]2[C@@H](O)[C@H](O[C@H]3[C@H](O[C@@H]4[C@H](O)[C@@H](O)C(O)O[C@@H]4CO)O[C@H](CO)[C@@H](O)[C@@H]3O[C@@H]3OC[C@@H](O)[C@H](O)[C@H]3O)O[C@H](CO)[C@H]2O)[C@H](O)[C@H](O)[C@H]1O. The second kappa shape index (κ2) is 18.1. The highest BCUT2D eigenvalue weighted by Crippen LogP contribution is 2.36. The van der Waals surface area contributed by atoms with Crippen molar-refractivity contribution in [1.82, 2.24) is 0 Å². The second-order valence-corrected chi connectivity index (χ2v) is 13.5. The standard InChI is InChI=1S/C29H50O24/c1-6-11(34)15(38)19(42)27(46-6)51-22-13(36)8(2-30)48-28(20(22)43)53-24-23(52-26-18(41)12(35)7(33)5-45-26)14(37)9(3-31)49-29(24)50-21-10(4-32)47-25(44)17(40)16(21)39/h6-44H,2-5H2,1H3/t6-,7+,8+,9+,10+,11-,12-,13+,14+,15+,16+,17+,18+,19+,20+,21-,22-,23-,24+,25?,26-,27-,28-,29-/m0/s1. The fourth-order valence-electron chi connectivity index (χ4n) is 6.66. The van der Waals surface area contributed by atoms with Gasteiger partial charge in [-0.1, -0.05) is 0 Å². The normalized spacial score (nSPS) is 54.1. The molecule has 53 heavy (non-hydrogen) atoms. The molecule has 0 bridgehead atoms. The van der Waals surface area contributed by atoms with Crippen molar-refractivity contribution in [3.63, 3.8) is 0 Å². The van der Waals surface area contributed by atoms with Crippen LogP contribution in [0.3, 0.4) is 0 Å². The summed E-state index contributed by atoms with van der Waals surface area (Å²) >= 11 is 0. The van der Waals surface area contributed by atoms with E-state index in [0.29, 0.717) is 0 Å². The van der Waals surface area contributed by atoms with Crippen LogP contribution in [0.1, 0.15) is 6.92 Å². The van der Waals surface area contributed by atoms with Gasteiger partial charge in [0, 0.05) is 0 Å². The highest BCUT2D eigenvalue weighted by molar-refractivity contribution is 4.99. The fourth-order valence-corrected chi connectivity index (χ4v) is 6.66. The Labute approximate surface area is 300 Å². The highest BCUT2D eigenvalue weighted by Gasteiger charge is 2.57. The lowest BCUT2D eigenvalue weighted by Crippen LogP contribution is -2.69. The maximum Gasteiger partial charge on any atom is 0.187 e. The van der Waals surface area contributed by atoms with Gasteiger partial charge in [-0.3, -0.25) is 0 Å². The van der Waals surface area contributed by atoms with E-state index < -0.39 is 174 Å². The summed E-state index contributed by atoms with van der Waals surface area (Å²) in [5, 5.41) is 156. The van der Waals surface area contributed by atoms with Crippen LogP contribution in [-0.4, -0.2) is 250 Å². The molecule has 24 nitrogen and oxygen atoms in total. The predicted octanol–water partition coefficient (Wildman–Crippen LogP) is -10.3. The Bertz CT molecular complexity index is 1140. The van der Waals surface area contributed by atoms with Gasteiger partial charge in [0.2, 0.25) is 0 Å². The number of ether oxygens (including phenoxy) is 9. The Morgan fingerprint density at radius 1 is 0.415 bits per heavy atom. The van der Waals surface area contributed by atoms with E-state index in [1.54, 1.807) is 0 Å². The Morgan fingerprint density at radius 2 is 0.925 bits per heavy atom. The van der Waals surface area contributed by atoms with Crippen molar-refractivity contribution in [2.24, 2.45) is 0 Å². The summed E-state index contributed by atoms with van der Waals surface area (Å²) in [5.41, 5.74) is 0. The molecule has 24 atom stereocenters. The molecule has 5 rings (SSSR count). The van der Waals surface area contributed by atoms with Crippen LogP contribution in [0.15, 0.2) is 0 Å². The lowest BCUT2D eigenvalue weighted by Gasteiger charge is -2.50. The number of rotatable bonds is 11. The molecule has 0 aliphatic carbocycles. The molecule has 5 fully saturated rings. The number of aliphatic hydroxyl groups excluding tert-OH is 15. The van der Waals surface area contributed by atoms with E-state index in [4.69, 9.17) is 42.6 Å². The molecular weight excluding hydrogens is 732 g/mol. The highest BCUT2D eigenvalue weighted by atomic mass is 16.8. The third-order valence-corrected chi connectivity index (χ3v) is 9.89. The van der Waals surface area contributed by atoms with E-state index in [0.717, 1.165) is 0 Å². The van der Waals surface area contributed by atoms with Crippen molar-refractivity contribution in [2.45, 2.75) is 154 Å². The van der Waals surface area contributed by atoms with Gasteiger partial charge in [-0.25, -0.2) is 0 Å². The van der Waals surface area contributed by atoms with Crippen LogP contribution in [0.5, 0.6) is 0 Å². The van der Waals surface area contributed by atoms with Gasteiger partial charge in [-0.2, -0.15) is 0 Å². The molecule has 5 saturated heterocycles. The van der Waals surface area contributed by atoms with Crippen molar-refractivity contribution in [3.05, 3.63) is 0 Å². The molecule has 0 aromatic heterocycles. The number of aliphatic hydroxyl groups is 15. The maximum atomic E-state index is 11.4. The topological polar surface area (TPSA) is 387 Å². The van der Waals surface area contributed by atoms with Crippen LogP contribution in [0.25, 0.3) is 0 Å². The fraction of sp³-hybridized carbons (Fsp3) is 1.00. The molecule has 0 spiro atoms. The van der Waals surface area contributed by atoms with Crippen LogP contribution < -0.4 is 0 Å². The molecule has 1 unspecified atom stereocenters. The first-order valence-electron chi connectivity index (χ1n) is 16.9. The maximum absolute atomic E-state index is 11.4. The van der Waals surface area contributed by atoms with Crippen LogP contribution >= 0.6 is 0 Å². The lowest BCUT2D eigenvalue weighted by atomic mass is 9.95. The molecule has 0 radical (unpaired) electrons. The average Bonchev–Trinajstić information content (AvgIpc) is 3.14. The molecule has 5 heterocycles. The zero-order valence-corrected chi connectivity index (χ0v) is 28.1. The molecule has 0 amide bonds. The summed E-state index contributed by atoms with van der Waals surface area (Å²) in [7, 11) is 0. The average molecular weight is 783 g/mol.